The summed E-state index contributed by atoms with van der Waals surface area (Å²) in [5.41, 5.74) is -0.708. The lowest BCUT2D eigenvalue weighted by atomic mass is 9.80. The average molecular weight is 302 g/mol. The molecule has 1 saturated heterocycles. The molecule has 1 aromatic rings. The Bertz CT molecular complexity index is 497. The fourth-order valence-electron chi connectivity index (χ4n) is 3.05. The predicted octanol–water partition coefficient (Wildman–Crippen LogP) is 4.18. The molecule has 1 aliphatic rings. The van der Waals surface area contributed by atoms with Crippen LogP contribution in [0.4, 0.5) is 13.2 Å². The Hall–Kier alpha value is -1.07. The normalized spacial score (nSPS) is 26.9. The second kappa shape index (κ2) is 5.97. The molecule has 0 spiro atoms. The minimum atomic E-state index is -4.35. The van der Waals surface area contributed by atoms with Crippen molar-refractivity contribution in [1.82, 2.24) is 0 Å². The second-order valence-corrected chi connectivity index (χ2v) is 5.79. The van der Waals surface area contributed by atoms with Crippen molar-refractivity contribution in [1.29, 1.82) is 0 Å². The summed E-state index contributed by atoms with van der Waals surface area (Å²) in [6.07, 6.45) is -1.73. The van der Waals surface area contributed by atoms with Crippen molar-refractivity contribution < 1.29 is 23.0 Å². The Labute approximate surface area is 122 Å². The van der Waals surface area contributed by atoms with Crippen LogP contribution in [-0.2, 0) is 16.5 Å². The van der Waals surface area contributed by atoms with E-state index in [1.807, 2.05) is 6.92 Å². The number of aryl methyl sites for hydroxylation is 1. The molecule has 2 nitrogen and oxygen atoms in total. The first kappa shape index (κ1) is 16.3. The molecule has 1 fully saturated rings. The fourth-order valence-corrected chi connectivity index (χ4v) is 3.05. The Kier molecular flexibility index (Phi) is 4.63. The van der Waals surface area contributed by atoms with Crippen molar-refractivity contribution in [3.8, 4) is 0 Å². The molecule has 0 aliphatic carbocycles. The standard InChI is InChI=1S/C16H21F3O2/c1-3-4-13-10-15(20,7-8-21-13)14-6-5-12(9-11(14)2)16(17,18)19/h5-6,9,13,20H,3-4,7-8,10H2,1-2H3. The maximum atomic E-state index is 12.7. The van der Waals surface area contributed by atoms with Gasteiger partial charge in [0.2, 0.25) is 0 Å². The molecule has 1 heterocycles. The van der Waals surface area contributed by atoms with E-state index in [1.54, 1.807) is 6.92 Å². The van der Waals surface area contributed by atoms with E-state index in [0.29, 0.717) is 30.6 Å². The molecule has 1 N–H and O–H groups in total. The number of alkyl halides is 3. The highest BCUT2D eigenvalue weighted by molar-refractivity contribution is 5.36. The van der Waals surface area contributed by atoms with E-state index < -0.39 is 17.3 Å². The number of hydrogen-bond donors (Lipinski definition) is 1. The van der Waals surface area contributed by atoms with Crippen LogP contribution in [0.5, 0.6) is 0 Å². The summed E-state index contributed by atoms with van der Waals surface area (Å²) >= 11 is 0. The SMILES string of the molecule is CCCC1CC(O)(c2ccc(C(F)(F)F)cc2C)CCO1. The van der Waals surface area contributed by atoms with Gasteiger partial charge in [0.05, 0.1) is 23.9 Å². The lowest BCUT2D eigenvalue weighted by molar-refractivity contribution is -0.137. The molecule has 0 radical (unpaired) electrons. The number of hydrogen-bond acceptors (Lipinski definition) is 2. The molecule has 0 amide bonds. The van der Waals surface area contributed by atoms with E-state index in [9.17, 15) is 18.3 Å². The fraction of sp³-hybridized carbons (Fsp3) is 0.625. The third-order valence-electron chi connectivity index (χ3n) is 4.10. The Balaban J connectivity index is 2.28. The van der Waals surface area contributed by atoms with Gasteiger partial charge < -0.3 is 9.84 Å². The number of aliphatic hydroxyl groups is 1. The molecule has 0 bridgehead atoms. The maximum Gasteiger partial charge on any atom is 0.416 e. The van der Waals surface area contributed by atoms with Crippen molar-refractivity contribution in [3.05, 3.63) is 34.9 Å². The van der Waals surface area contributed by atoms with Crippen LogP contribution in [0.3, 0.4) is 0 Å². The minimum absolute atomic E-state index is 0.0320. The molecule has 5 heteroatoms. The molecule has 118 valence electrons. The molecule has 0 aromatic heterocycles. The smallest absolute Gasteiger partial charge is 0.385 e. The van der Waals surface area contributed by atoms with Crippen molar-refractivity contribution in [2.24, 2.45) is 0 Å². The van der Waals surface area contributed by atoms with Crippen LogP contribution in [-0.4, -0.2) is 17.8 Å². The zero-order chi connectivity index (χ0) is 15.7. The van der Waals surface area contributed by atoms with Gasteiger partial charge in [0.15, 0.2) is 0 Å². The minimum Gasteiger partial charge on any atom is -0.385 e. The molecule has 21 heavy (non-hydrogen) atoms. The van der Waals surface area contributed by atoms with Gasteiger partial charge >= 0.3 is 6.18 Å². The predicted molar refractivity (Wildman–Crippen MR) is 74.0 cm³/mol. The summed E-state index contributed by atoms with van der Waals surface area (Å²) in [4.78, 5) is 0. The van der Waals surface area contributed by atoms with Crippen LogP contribution in [0.25, 0.3) is 0 Å². The third kappa shape index (κ3) is 3.58. The summed E-state index contributed by atoms with van der Waals surface area (Å²) in [5, 5.41) is 10.9. The molecule has 2 rings (SSSR count). The van der Waals surface area contributed by atoms with E-state index in [4.69, 9.17) is 4.74 Å². The zero-order valence-corrected chi connectivity index (χ0v) is 12.3. The van der Waals surface area contributed by atoms with E-state index in [-0.39, 0.29) is 6.10 Å². The molecular formula is C16H21F3O2. The van der Waals surface area contributed by atoms with Crippen LogP contribution >= 0.6 is 0 Å². The quantitative estimate of drug-likeness (QED) is 0.907. The molecule has 2 atom stereocenters. The number of halogens is 3. The van der Waals surface area contributed by atoms with E-state index >= 15 is 0 Å². The van der Waals surface area contributed by atoms with E-state index in [1.165, 1.54) is 6.07 Å². The van der Waals surface area contributed by atoms with Gasteiger partial charge in [-0.2, -0.15) is 13.2 Å². The second-order valence-electron chi connectivity index (χ2n) is 5.79. The summed E-state index contributed by atoms with van der Waals surface area (Å²) in [5.74, 6) is 0. The lowest BCUT2D eigenvalue weighted by Gasteiger charge is -2.38. The van der Waals surface area contributed by atoms with E-state index in [2.05, 4.69) is 0 Å². The zero-order valence-electron chi connectivity index (χ0n) is 12.3. The highest BCUT2D eigenvalue weighted by Crippen LogP contribution is 2.39. The average Bonchev–Trinajstić information content (AvgIpc) is 2.37. The van der Waals surface area contributed by atoms with Crippen LogP contribution in [0.15, 0.2) is 18.2 Å². The Morgan fingerprint density at radius 3 is 2.67 bits per heavy atom. The van der Waals surface area contributed by atoms with Crippen molar-refractivity contribution >= 4 is 0 Å². The first-order valence-electron chi connectivity index (χ1n) is 7.28. The topological polar surface area (TPSA) is 29.5 Å². The third-order valence-corrected chi connectivity index (χ3v) is 4.10. The number of rotatable bonds is 3. The summed E-state index contributed by atoms with van der Waals surface area (Å²) in [6, 6.07) is 3.56. The van der Waals surface area contributed by atoms with Crippen LogP contribution in [0.2, 0.25) is 0 Å². The molecule has 1 aliphatic heterocycles. The molecule has 0 saturated carbocycles. The summed E-state index contributed by atoms with van der Waals surface area (Å²) in [6.45, 7) is 4.09. The van der Waals surface area contributed by atoms with Gasteiger partial charge in [-0.1, -0.05) is 19.4 Å². The first-order valence-corrected chi connectivity index (χ1v) is 7.28. The molecule has 1 aromatic carbocycles. The first-order chi connectivity index (χ1) is 9.76. The lowest BCUT2D eigenvalue weighted by Crippen LogP contribution is -2.39. The highest BCUT2D eigenvalue weighted by Gasteiger charge is 2.38. The number of benzene rings is 1. The molecule has 2 unspecified atom stereocenters. The maximum absolute atomic E-state index is 12.7. The van der Waals surface area contributed by atoms with Crippen molar-refractivity contribution in [3.63, 3.8) is 0 Å². The summed E-state index contributed by atoms with van der Waals surface area (Å²) in [7, 11) is 0. The highest BCUT2D eigenvalue weighted by atomic mass is 19.4. The van der Waals surface area contributed by atoms with Crippen LogP contribution < -0.4 is 0 Å². The van der Waals surface area contributed by atoms with Gasteiger partial charge in [0.25, 0.3) is 0 Å². The molecular weight excluding hydrogens is 281 g/mol. The van der Waals surface area contributed by atoms with Gasteiger partial charge in [-0.15, -0.1) is 0 Å². The van der Waals surface area contributed by atoms with Crippen molar-refractivity contribution in [2.45, 2.75) is 57.4 Å². The van der Waals surface area contributed by atoms with Crippen LogP contribution in [0.1, 0.15) is 49.3 Å². The van der Waals surface area contributed by atoms with E-state index in [0.717, 1.165) is 25.0 Å². The Morgan fingerprint density at radius 2 is 2.10 bits per heavy atom. The monoisotopic (exact) mass is 302 g/mol. The van der Waals surface area contributed by atoms with Crippen molar-refractivity contribution in [2.75, 3.05) is 6.61 Å². The van der Waals surface area contributed by atoms with Gasteiger partial charge in [-0.3, -0.25) is 0 Å². The van der Waals surface area contributed by atoms with Gasteiger partial charge in [-0.25, -0.2) is 0 Å². The van der Waals surface area contributed by atoms with Crippen LogP contribution in [0, 0.1) is 6.92 Å². The largest absolute Gasteiger partial charge is 0.416 e. The summed E-state index contributed by atoms with van der Waals surface area (Å²) < 4.78 is 43.8. The van der Waals surface area contributed by atoms with Gasteiger partial charge in [0, 0.05) is 12.8 Å². The van der Waals surface area contributed by atoms with Gasteiger partial charge in [0.1, 0.15) is 0 Å². The van der Waals surface area contributed by atoms with Gasteiger partial charge in [-0.05, 0) is 36.6 Å². The number of ether oxygens (including phenoxy) is 1. The Morgan fingerprint density at radius 1 is 1.38 bits per heavy atom.